The van der Waals surface area contributed by atoms with Crippen molar-refractivity contribution in [3.05, 3.63) is 83.1 Å². The lowest BCUT2D eigenvalue weighted by Crippen LogP contribution is -2.20. The van der Waals surface area contributed by atoms with Crippen LogP contribution in [0.4, 0.5) is 0 Å². The van der Waals surface area contributed by atoms with Gasteiger partial charge in [0.15, 0.2) is 0 Å². The van der Waals surface area contributed by atoms with Crippen LogP contribution in [0.2, 0.25) is 0 Å². The van der Waals surface area contributed by atoms with Gasteiger partial charge in [-0.2, -0.15) is 10.4 Å². The Bertz CT molecular complexity index is 1110. The first kappa shape index (κ1) is 22.0. The van der Waals surface area contributed by atoms with Crippen LogP contribution in [0.5, 0.6) is 0 Å². The van der Waals surface area contributed by atoms with E-state index in [4.69, 9.17) is 14.6 Å². The van der Waals surface area contributed by atoms with Crippen LogP contribution in [0, 0.1) is 18.3 Å². The van der Waals surface area contributed by atoms with Crippen molar-refractivity contribution in [2.24, 2.45) is 0 Å². The summed E-state index contributed by atoms with van der Waals surface area (Å²) in [5, 5.41) is 14.3. The van der Waals surface area contributed by atoms with E-state index in [9.17, 15) is 10.1 Å². The SMILES string of the molecule is COC[C@H](C)OC(=O)/C(C#N)=C/c1cn(Cc2ccccc2)nc1-c1cccc(C)c1. The molecule has 6 heteroatoms. The summed E-state index contributed by atoms with van der Waals surface area (Å²) in [4.78, 5) is 12.5. The highest BCUT2D eigenvalue weighted by Gasteiger charge is 2.18. The molecule has 0 spiro atoms. The number of methoxy groups -OCH3 is 1. The van der Waals surface area contributed by atoms with E-state index in [1.165, 1.54) is 13.2 Å². The molecule has 1 atom stereocenters. The summed E-state index contributed by atoms with van der Waals surface area (Å²) in [5.74, 6) is -0.682. The molecule has 0 fully saturated rings. The number of aryl methyl sites for hydroxylation is 1. The van der Waals surface area contributed by atoms with Gasteiger partial charge < -0.3 is 9.47 Å². The van der Waals surface area contributed by atoms with Crippen LogP contribution < -0.4 is 0 Å². The molecule has 0 aliphatic heterocycles. The number of hydrogen-bond donors (Lipinski definition) is 0. The van der Waals surface area contributed by atoms with Crippen LogP contribution in [-0.2, 0) is 20.8 Å². The third-order valence-corrected chi connectivity index (χ3v) is 4.62. The predicted molar refractivity (Wildman–Crippen MR) is 119 cm³/mol. The third kappa shape index (κ3) is 5.91. The summed E-state index contributed by atoms with van der Waals surface area (Å²) in [5.41, 5.74) is 4.40. The molecule has 2 aromatic carbocycles. The van der Waals surface area contributed by atoms with Crippen LogP contribution in [0.1, 0.15) is 23.6 Å². The van der Waals surface area contributed by atoms with Gasteiger partial charge in [0.05, 0.1) is 18.8 Å². The van der Waals surface area contributed by atoms with Crippen molar-refractivity contribution in [2.75, 3.05) is 13.7 Å². The number of carbonyl (C=O) groups excluding carboxylic acids is 1. The van der Waals surface area contributed by atoms with Crippen molar-refractivity contribution >= 4 is 12.0 Å². The third-order valence-electron chi connectivity index (χ3n) is 4.62. The van der Waals surface area contributed by atoms with Gasteiger partial charge in [-0.05, 0) is 31.6 Å². The van der Waals surface area contributed by atoms with Crippen LogP contribution in [0.25, 0.3) is 17.3 Å². The maximum absolute atomic E-state index is 12.5. The summed E-state index contributed by atoms with van der Waals surface area (Å²) in [7, 11) is 1.53. The van der Waals surface area contributed by atoms with Crippen LogP contribution in [0.15, 0.2) is 66.4 Å². The number of aromatic nitrogens is 2. The lowest BCUT2D eigenvalue weighted by Gasteiger charge is -2.11. The second-order valence-electron chi connectivity index (χ2n) is 7.33. The second-order valence-corrected chi connectivity index (χ2v) is 7.33. The predicted octanol–water partition coefficient (Wildman–Crippen LogP) is 4.39. The number of rotatable bonds is 8. The van der Waals surface area contributed by atoms with Crippen molar-refractivity contribution in [3.8, 4) is 17.3 Å². The van der Waals surface area contributed by atoms with Crippen LogP contribution >= 0.6 is 0 Å². The average Bonchev–Trinajstić information content (AvgIpc) is 3.15. The topological polar surface area (TPSA) is 77.1 Å². The van der Waals surface area contributed by atoms with Gasteiger partial charge in [-0.3, -0.25) is 4.68 Å². The van der Waals surface area contributed by atoms with Gasteiger partial charge in [-0.25, -0.2) is 4.79 Å². The molecule has 3 aromatic rings. The minimum absolute atomic E-state index is 0.0869. The van der Waals surface area contributed by atoms with E-state index >= 15 is 0 Å². The summed E-state index contributed by atoms with van der Waals surface area (Å²) in [6.07, 6.45) is 2.92. The van der Waals surface area contributed by atoms with Gasteiger partial charge in [0.1, 0.15) is 17.7 Å². The van der Waals surface area contributed by atoms with Gasteiger partial charge in [0.25, 0.3) is 0 Å². The van der Waals surface area contributed by atoms with E-state index < -0.39 is 12.1 Å². The molecule has 1 aromatic heterocycles. The van der Waals surface area contributed by atoms with E-state index in [1.807, 2.05) is 78.5 Å². The molecule has 3 rings (SSSR count). The molecule has 0 aliphatic carbocycles. The van der Waals surface area contributed by atoms with E-state index in [1.54, 1.807) is 6.92 Å². The monoisotopic (exact) mass is 415 g/mol. The zero-order valence-electron chi connectivity index (χ0n) is 17.9. The minimum atomic E-state index is -0.682. The fourth-order valence-corrected chi connectivity index (χ4v) is 3.22. The highest BCUT2D eigenvalue weighted by Crippen LogP contribution is 2.26. The molecule has 6 nitrogen and oxygen atoms in total. The van der Waals surface area contributed by atoms with Gasteiger partial charge in [-0.15, -0.1) is 0 Å². The number of carbonyl (C=O) groups is 1. The molecule has 0 bridgehead atoms. The number of esters is 1. The minimum Gasteiger partial charge on any atom is -0.456 e. The first-order chi connectivity index (χ1) is 15.0. The van der Waals surface area contributed by atoms with Crippen LogP contribution in [0.3, 0.4) is 0 Å². The van der Waals surface area contributed by atoms with E-state index in [-0.39, 0.29) is 12.2 Å². The zero-order chi connectivity index (χ0) is 22.2. The largest absolute Gasteiger partial charge is 0.456 e. The fraction of sp³-hybridized carbons (Fsp3) is 0.240. The maximum atomic E-state index is 12.5. The summed E-state index contributed by atoms with van der Waals surface area (Å²) >= 11 is 0. The lowest BCUT2D eigenvalue weighted by molar-refractivity contribution is -0.145. The molecule has 0 N–H and O–H groups in total. The quantitative estimate of drug-likeness (QED) is 0.310. The zero-order valence-corrected chi connectivity index (χ0v) is 17.9. The van der Waals surface area contributed by atoms with Gasteiger partial charge in [0, 0.05) is 24.4 Å². The molecule has 0 radical (unpaired) electrons. The number of nitrogens with zero attached hydrogens (tertiary/aromatic N) is 3. The van der Waals surface area contributed by atoms with Gasteiger partial charge in [-0.1, -0.05) is 54.1 Å². The highest BCUT2D eigenvalue weighted by molar-refractivity contribution is 5.98. The number of nitriles is 1. The molecule has 31 heavy (non-hydrogen) atoms. The summed E-state index contributed by atoms with van der Waals surface area (Å²) < 4.78 is 12.1. The average molecular weight is 415 g/mol. The van der Waals surface area contributed by atoms with Gasteiger partial charge >= 0.3 is 5.97 Å². The van der Waals surface area contributed by atoms with Crippen molar-refractivity contribution in [2.45, 2.75) is 26.5 Å². The molecule has 0 saturated carbocycles. The Kier molecular flexibility index (Phi) is 7.36. The Morgan fingerprint density at radius 1 is 1.23 bits per heavy atom. The molecular weight excluding hydrogens is 390 g/mol. The first-order valence-corrected chi connectivity index (χ1v) is 10.00. The fourth-order valence-electron chi connectivity index (χ4n) is 3.22. The smallest absolute Gasteiger partial charge is 0.349 e. The maximum Gasteiger partial charge on any atom is 0.349 e. The Balaban J connectivity index is 1.99. The van der Waals surface area contributed by atoms with Crippen molar-refractivity contribution < 1.29 is 14.3 Å². The lowest BCUT2D eigenvalue weighted by atomic mass is 10.0. The number of benzene rings is 2. The van der Waals surface area contributed by atoms with E-state index in [0.29, 0.717) is 17.8 Å². The van der Waals surface area contributed by atoms with Gasteiger partial charge in [0.2, 0.25) is 0 Å². The normalized spacial score (nSPS) is 12.3. The van der Waals surface area contributed by atoms with Crippen molar-refractivity contribution in [3.63, 3.8) is 0 Å². The van der Waals surface area contributed by atoms with E-state index in [0.717, 1.165) is 16.7 Å². The number of hydrogen-bond acceptors (Lipinski definition) is 5. The Morgan fingerprint density at radius 3 is 2.68 bits per heavy atom. The molecule has 1 heterocycles. The molecular formula is C25H25N3O3. The second kappa shape index (κ2) is 10.4. The summed E-state index contributed by atoms with van der Waals surface area (Å²) in [6, 6.07) is 19.9. The highest BCUT2D eigenvalue weighted by atomic mass is 16.6. The number of ether oxygens (including phenoxy) is 2. The molecule has 0 saturated heterocycles. The van der Waals surface area contributed by atoms with E-state index in [2.05, 4.69) is 0 Å². The Labute approximate surface area is 182 Å². The molecule has 0 amide bonds. The van der Waals surface area contributed by atoms with Crippen molar-refractivity contribution in [1.82, 2.24) is 9.78 Å². The van der Waals surface area contributed by atoms with Crippen molar-refractivity contribution in [1.29, 1.82) is 5.26 Å². The Hall–Kier alpha value is -3.69. The Morgan fingerprint density at radius 2 is 2.00 bits per heavy atom. The first-order valence-electron chi connectivity index (χ1n) is 10.00. The standard InChI is InChI=1S/C25H25N3O3/c1-18-8-7-11-21(12-18)24-23(13-22(14-26)25(29)31-19(2)17-30-3)16-28(27-24)15-20-9-5-4-6-10-20/h4-13,16,19H,15,17H2,1-3H3/b22-13+/t19-/m0/s1. The summed E-state index contributed by atoms with van der Waals surface area (Å²) in [6.45, 7) is 4.56. The molecule has 0 aliphatic rings. The molecule has 158 valence electrons. The van der Waals surface area contributed by atoms with Crippen LogP contribution in [-0.4, -0.2) is 35.6 Å². The molecule has 0 unspecified atom stereocenters.